The van der Waals surface area contributed by atoms with Gasteiger partial charge in [0.25, 0.3) is 0 Å². The van der Waals surface area contributed by atoms with Crippen molar-refractivity contribution in [3.05, 3.63) is 24.4 Å². The van der Waals surface area contributed by atoms with Crippen molar-refractivity contribution in [2.45, 2.75) is 6.04 Å². The molecule has 2 N–H and O–H groups in total. The summed E-state index contributed by atoms with van der Waals surface area (Å²) in [5, 5.41) is 13.9. The fourth-order valence-corrected chi connectivity index (χ4v) is 0.626. The van der Waals surface area contributed by atoms with E-state index in [-0.39, 0.29) is 6.04 Å². The summed E-state index contributed by atoms with van der Waals surface area (Å²) in [6, 6.07) is 0.0417. The van der Waals surface area contributed by atoms with Gasteiger partial charge in [-0.05, 0) is 12.3 Å². The second kappa shape index (κ2) is 2.91. The first-order valence-electron chi connectivity index (χ1n) is 2.70. The lowest BCUT2D eigenvalue weighted by atomic mass is 10.2. The lowest BCUT2D eigenvalue weighted by molar-refractivity contribution is 0.320. The maximum absolute atomic E-state index is 8.09. The summed E-state index contributed by atoms with van der Waals surface area (Å²) >= 11 is 0. The molecule has 1 rings (SSSR count). The summed E-state index contributed by atoms with van der Waals surface area (Å²) in [6.45, 7) is 0. The highest BCUT2D eigenvalue weighted by Gasteiger charge is 1.97. The van der Waals surface area contributed by atoms with Gasteiger partial charge in [-0.2, -0.15) is 0 Å². The second-order valence-electron chi connectivity index (χ2n) is 1.70. The molecule has 0 aromatic rings. The lowest BCUT2D eigenvalue weighted by Gasteiger charge is -2.07. The predicted molar refractivity (Wildman–Crippen MR) is 35.5 cm³/mol. The van der Waals surface area contributed by atoms with E-state index in [1.165, 1.54) is 6.21 Å². The average molecular weight is 124 g/mol. The molecule has 0 fully saturated rings. The van der Waals surface area contributed by atoms with Crippen molar-refractivity contribution >= 4 is 6.21 Å². The summed E-state index contributed by atoms with van der Waals surface area (Å²) in [4.78, 5) is 0. The van der Waals surface area contributed by atoms with Gasteiger partial charge in [0.1, 0.15) is 0 Å². The number of hydrogen-bond donors (Lipinski definition) is 2. The minimum Gasteiger partial charge on any atom is -0.411 e. The molecule has 9 heavy (non-hydrogen) atoms. The highest BCUT2D eigenvalue weighted by Crippen LogP contribution is 1.90. The van der Waals surface area contributed by atoms with E-state index in [1.54, 1.807) is 6.20 Å². The topological polar surface area (TPSA) is 44.6 Å². The van der Waals surface area contributed by atoms with Crippen LogP contribution in [0.2, 0.25) is 0 Å². The first-order chi connectivity index (χ1) is 4.43. The average Bonchev–Trinajstić information content (AvgIpc) is 1.91. The van der Waals surface area contributed by atoms with Crippen molar-refractivity contribution < 1.29 is 5.21 Å². The first kappa shape index (κ1) is 5.88. The van der Waals surface area contributed by atoms with Crippen LogP contribution in [0.4, 0.5) is 0 Å². The van der Waals surface area contributed by atoms with Crippen LogP contribution in [0.15, 0.2) is 29.6 Å². The summed E-state index contributed by atoms with van der Waals surface area (Å²) in [6.07, 6.45) is 8.87. The highest BCUT2D eigenvalue weighted by molar-refractivity contribution is 5.67. The van der Waals surface area contributed by atoms with Crippen molar-refractivity contribution in [3.8, 4) is 0 Å². The van der Waals surface area contributed by atoms with E-state index in [1.807, 2.05) is 18.2 Å². The molecule has 1 heterocycles. The zero-order valence-corrected chi connectivity index (χ0v) is 4.86. The van der Waals surface area contributed by atoms with E-state index in [0.29, 0.717) is 0 Å². The van der Waals surface area contributed by atoms with Crippen LogP contribution < -0.4 is 5.32 Å². The molecule has 0 aromatic carbocycles. The van der Waals surface area contributed by atoms with Crippen LogP contribution >= 0.6 is 0 Å². The predicted octanol–water partition coefficient (Wildman–Crippen LogP) is 0.488. The van der Waals surface area contributed by atoms with Gasteiger partial charge in [-0.25, -0.2) is 0 Å². The molecule has 1 unspecified atom stereocenters. The zero-order valence-electron chi connectivity index (χ0n) is 4.86. The van der Waals surface area contributed by atoms with E-state index < -0.39 is 0 Å². The third-order valence-electron chi connectivity index (χ3n) is 1.04. The molecule has 0 bridgehead atoms. The van der Waals surface area contributed by atoms with E-state index in [0.717, 1.165) is 0 Å². The van der Waals surface area contributed by atoms with E-state index in [2.05, 4.69) is 10.5 Å². The number of dihydropyridines is 1. The molecule has 0 saturated carbocycles. The van der Waals surface area contributed by atoms with Crippen molar-refractivity contribution in [2.24, 2.45) is 5.16 Å². The molecule has 48 valence electrons. The Labute approximate surface area is 53.4 Å². The van der Waals surface area contributed by atoms with Crippen LogP contribution in [0.25, 0.3) is 0 Å². The van der Waals surface area contributed by atoms with E-state index >= 15 is 0 Å². The van der Waals surface area contributed by atoms with Gasteiger partial charge in [-0.1, -0.05) is 17.3 Å². The Kier molecular flexibility index (Phi) is 1.90. The SMILES string of the molecule is O/N=C\C1C=CC=CN1. The molecule has 0 aromatic heterocycles. The van der Waals surface area contributed by atoms with Crippen molar-refractivity contribution in [2.75, 3.05) is 0 Å². The van der Waals surface area contributed by atoms with Crippen molar-refractivity contribution in [1.82, 2.24) is 5.32 Å². The molecule has 0 spiro atoms. The lowest BCUT2D eigenvalue weighted by Crippen LogP contribution is -2.24. The monoisotopic (exact) mass is 124 g/mol. The van der Waals surface area contributed by atoms with Crippen LogP contribution in [0.3, 0.4) is 0 Å². The van der Waals surface area contributed by atoms with Crippen LogP contribution in [0.5, 0.6) is 0 Å². The smallest absolute Gasteiger partial charge is 0.0831 e. The van der Waals surface area contributed by atoms with E-state index in [4.69, 9.17) is 5.21 Å². The van der Waals surface area contributed by atoms with Crippen LogP contribution in [-0.2, 0) is 0 Å². The van der Waals surface area contributed by atoms with Gasteiger partial charge in [0, 0.05) is 0 Å². The van der Waals surface area contributed by atoms with Gasteiger partial charge in [0.15, 0.2) is 0 Å². The number of hydrogen-bond acceptors (Lipinski definition) is 3. The van der Waals surface area contributed by atoms with Crippen LogP contribution in [0.1, 0.15) is 0 Å². The maximum Gasteiger partial charge on any atom is 0.0831 e. The molecule has 0 radical (unpaired) electrons. The molecule has 0 saturated heterocycles. The Morgan fingerprint density at radius 3 is 3.00 bits per heavy atom. The van der Waals surface area contributed by atoms with Crippen molar-refractivity contribution in [1.29, 1.82) is 0 Å². The quantitative estimate of drug-likeness (QED) is 0.303. The Morgan fingerprint density at radius 1 is 1.56 bits per heavy atom. The fourth-order valence-electron chi connectivity index (χ4n) is 0.626. The molecule has 1 aliphatic heterocycles. The van der Waals surface area contributed by atoms with Gasteiger partial charge in [0.05, 0.1) is 12.3 Å². The minimum absolute atomic E-state index is 0.0417. The van der Waals surface area contributed by atoms with Gasteiger partial charge < -0.3 is 10.5 Å². The molecular formula is C6H8N2O. The summed E-state index contributed by atoms with van der Waals surface area (Å²) in [5.41, 5.74) is 0. The van der Waals surface area contributed by atoms with Crippen LogP contribution in [0, 0.1) is 0 Å². The highest BCUT2D eigenvalue weighted by atomic mass is 16.4. The molecule has 1 atom stereocenters. The summed E-state index contributed by atoms with van der Waals surface area (Å²) in [5.74, 6) is 0. The van der Waals surface area contributed by atoms with Gasteiger partial charge in [0.2, 0.25) is 0 Å². The standard InChI is InChI=1S/C6H8N2O/c9-8-5-6-3-1-2-4-7-6/h1-7,9H/b8-5-. The van der Waals surface area contributed by atoms with E-state index in [9.17, 15) is 0 Å². The molecule has 3 heteroatoms. The fraction of sp³-hybridized carbons (Fsp3) is 0.167. The maximum atomic E-state index is 8.09. The third-order valence-corrected chi connectivity index (χ3v) is 1.04. The number of nitrogens with zero attached hydrogens (tertiary/aromatic N) is 1. The van der Waals surface area contributed by atoms with Gasteiger partial charge in [-0.3, -0.25) is 0 Å². The minimum atomic E-state index is 0.0417. The zero-order chi connectivity index (χ0) is 6.53. The number of nitrogens with one attached hydrogen (secondary N) is 1. The molecule has 0 amide bonds. The molecule has 0 aliphatic carbocycles. The Balaban J connectivity index is 2.46. The normalized spacial score (nSPS) is 24.7. The Bertz CT molecular complexity index is 160. The Hall–Kier alpha value is -1.25. The van der Waals surface area contributed by atoms with Gasteiger partial charge in [-0.15, -0.1) is 0 Å². The largest absolute Gasteiger partial charge is 0.411 e. The number of rotatable bonds is 1. The first-order valence-corrected chi connectivity index (χ1v) is 2.70. The summed E-state index contributed by atoms with van der Waals surface area (Å²) < 4.78 is 0. The summed E-state index contributed by atoms with van der Waals surface area (Å²) in [7, 11) is 0. The second-order valence-corrected chi connectivity index (χ2v) is 1.70. The molecular weight excluding hydrogens is 116 g/mol. The van der Waals surface area contributed by atoms with Crippen LogP contribution in [-0.4, -0.2) is 17.5 Å². The number of oxime groups is 1. The molecule has 1 aliphatic rings. The van der Waals surface area contributed by atoms with Crippen molar-refractivity contribution in [3.63, 3.8) is 0 Å². The van der Waals surface area contributed by atoms with Gasteiger partial charge >= 0.3 is 0 Å². The third kappa shape index (κ3) is 1.60. The number of allylic oxidation sites excluding steroid dienone is 2. The molecule has 3 nitrogen and oxygen atoms in total. The Morgan fingerprint density at radius 2 is 2.44 bits per heavy atom.